The van der Waals surface area contributed by atoms with Crippen LogP contribution in [0.4, 0.5) is 13.2 Å². The van der Waals surface area contributed by atoms with Crippen LogP contribution in [0.2, 0.25) is 0 Å². The molecule has 2 nitrogen and oxygen atoms in total. The van der Waals surface area contributed by atoms with Gasteiger partial charge in [0, 0.05) is 18.2 Å². The van der Waals surface area contributed by atoms with Crippen molar-refractivity contribution < 1.29 is 13.2 Å². The van der Waals surface area contributed by atoms with Gasteiger partial charge in [-0.3, -0.25) is 4.90 Å². The van der Waals surface area contributed by atoms with Crippen LogP contribution in [0.3, 0.4) is 0 Å². The number of benzene rings is 1. The van der Waals surface area contributed by atoms with Crippen LogP contribution < -0.4 is 5.73 Å². The monoisotopic (exact) mass is 282 g/mol. The lowest BCUT2D eigenvalue weighted by Gasteiger charge is -2.24. The molecule has 0 spiro atoms. The van der Waals surface area contributed by atoms with Crippen LogP contribution in [-0.4, -0.2) is 30.2 Å². The van der Waals surface area contributed by atoms with Crippen LogP contribution in [0.1, 0.15) is 24.0 Å². The maximum atomic E-state index is 12.6. The van der Waals surface area contributed by atoms with Gasteiger partial charge in [0.25, 0.3) is 0 Å². The second-order valence-corrected chi connectivity index (χ2v) is 4.91. The number of rotatable bonds is 4. The molecule has 0 radical (unpaired) electrons. The van der Waals surface area contributed by atoms with Gasteiger partial charge in [0.05, 0.1) is 13.1 Å². The van der Waals surface area contributed by atoms with E-state index in [4.69, 9.17) is 5.73 Å². The third-order valence-corrected chi connectivity index (χ3v) is 3.16. The highest BCUT2D eigenvalue weighted by molar-refractivity contribution is 5.41. The Bertz CT molecular complexity index is 510. The zero-order valence-corrected chi connectivity index (χ0v) is 11.1. The van der Waals surface area contributed by atoms with E-state index in [2.05, 4.69) is 11.8 Å². The minimum atomic E-state index is -4.17. The zero-order valence-electron chi connectivity index (χ0n) is 11.1. The first kappa shape index (κ1) is 14.9. The van der Waals surface area contributed by atoms with Crippen LogP contribution in [0, 0.1) is 11.8 Å². The third kappa shape index (κ3) is 4.55. The largest absolute Gasteiger partial charge is 0.401 e. The molecule has 0 heterocycles. The second-order valence-electron chi connectivity index (χ2n) is 4.91. The molecule has 1 saturated carbocycles. The molecule has 1 aromatic rings. The maximum absolute atomic E-state index is 12.6. The van der Waals surface area contributed by atoms with Crippen LogP contribution in [0.5, 0.6) is 0 Å². The van der Waals surface area contributed by atoms with Crippen LogP contribution in [0.25, 0.3) is 0 Å². The summed E-state index contributed by atoms with van der Waals surface area (Å²) in [7, 11) is 0. The molecule has 2 N–H and O–H groups in total. The van der Waals surface area contributed by atoms with Crippen molar-refractivity contribution in [1.29, 1.82) is 0 Å². The van der Waals surface area contributed by atoms with E-state index >= 15 is 0 Å². The molecule has 1 aliphatic rings. The van der Waals surface area contributed by atoms with Gasteiger partial charge < -0.3 is 5.73 Å². The highest BCUT2D eigenvalue weighted by atomic mass is 19.4. The molecule has 0 aliphatic heterocycles. The molecule has 1 aromatic carbocycles. The Labute approximate surface area is 116 Å². The Morgan fingerprint density at radius 1 is 1.25 bits per heavy atom. The number of hydrogen-bond donors (Lipinski definition) is 1. The van der Waals surface area contributed by atoms with Crippen LogP contribution >= 0.6 is 0 Å². The first-order chi connectivity index (χ1) is 9.49. The average Bonchev–Trinajstić information content (AvgIpc) is 3.19. The summed E-state index contributed by atoms with van der Waals surface area (Å²) in [6.45, 7) is -0.348. The maximum Gasteiger partial charge on any atom is 0.401 e. The molecular formula is C15H17F3N2. The number of nitrogens with two attached hydrogens (primary N) is 1. The minimum Gasteiger partial charge on any atom is -0.320 e. The summed E-state index contributed by atoms with van der Waals surface area (Å²) >= 11 is 0. The summed E-state index contributed by atoms with van der Waals surface area (Å²) in [5.41, 5.74) is 6.92. The Morgan fingerprint density at radius 2 is 1.95 bits per heavy atom. The van der Waals surface area contributed by atoms with Gasteiger partial charge in [-0.25, -0.2) is 0 Å². The van der Waals surface area contributed by atoms with Gasteiger partial charge in [0.2, 0.25) is 0 Å². The molecule has 2 rings (SSSR count). The first-order valence-corrected chi connectivity index (χ1v) is 6.57. The van der Waals surface area contributed by atoms with Crippen molar-refractivity contribution in [3.63, 3.8) is 0 Å². The summed E-state index contributed by atoms with van der Waals surface area (Å²) in [5.74, 6) is 5.67. The first-order valence-electron chi connectivity index (χ1n) is 6.57. The fraction of sp³-hybridized carbons (Fsp3) is 0.467. The van der Waals surface area contributed by atoms with Crippen molar-refractivity contribution in [2.75, 3.05) is 13.1 Å². The van der Waals surface area contributed by atoms with E-state index in [1.807, 2.05) is 24.3 Å². The second kappa shape index (κ2) is 6.29. The summed E-state index contributed by atoms with van der Waals surface area (Å²) in [6.07, 6.45) is -2.49. The third-order valence-electron chi connectivity index (χ3n) is 3.16. The molecule has 0 saturated heterocycles. The van der Waals surface area contributed by atoms with Crippen molar-refractivity contribution in [2.24, 2.45) is 5.73 Å². The van der Waals surface area contributed by atoms with Gasteiger partial charge in [-0.2, -0.15) is 13.2 Å². The summed E-state index contributed by atoms with van der Waals surface area (Å²) in [6, 6.07) is 7.34. The molecule has 20 heavy (non-hydrogen) atoms. The van der Waals surface area contributed by atoms with Gasteiger partial charge in [-0.15, -0.1) is 0 Å². The minimum absolute atomic E-state index is 0.0483. The van der Waals surface area contributed by atoms with Crippen molar-refractivity contribution in [1.82, 2.24) is 4.90 Å². The lowest BCUT2D eigenvalue weighted by atomic mass is 10.1. The number of hydrogen-bond acceptors (Lipinski definition) is 2. The van der Waals surface area contributed by atoms with Crippen LogP contribution in [0.15, 0.2) is 24.3 Å². The van der Waals surface area contributed by atoms with Gasteiger partial charge in [0.1, 0.15) is 0 Å². The molecular weight excluding hydrogens is 265 g/mol. The summed E-state index contributed by atoms with van der Waals surface area (Å²) in [4.78, 5) is 1.49. The SMILES string of the molecule is NCC#Cc1ccccc1CN(CC(F)(F)F)C1CC1. The smallest absolute Gasteiger partial charge is 0.320 e. The molecule has 1 fully saturated rings. The van der Waals surface area contributed by atoms with E-state index in [1.54, 1.807) is 0 Å². The topological polar surface area (TPSA) is 29.3 Å². The van der Waals surface area contributed by atoms with Crippen molar-refractivity contribution >= 4 is 0 Å². The lowest BCUT2D eigenvalue weighted by molar-refractivity contribution is -0.148. The van der Waals surface area contributed by atoms with E-state index in [0.29, 0.717) is 0 Å². The van der Waals surface area contributed by atoms with Gasteiger partial charge in [-0.05, 0) is 24.5 Å². The highest BCUT2D eigenvalue weighted by Gasteiger charge is 2.38. The number of nitrogens with zero attached hydrogens (tertiary/aromatic N) is 1. The standard InChI is InChI=1S/C15H17F3N2/c16-15(17,18)11-20(14-7-8-14)10-13-5-2-1-4-12(13)6-3-9-19/h1-2,4-5,14H,7-11,19H2. The number of alkyl halides is 3. The molecule has 0 amide bonds. The van der Waals surface area contributed by atoms with Gasteiger partial charge in [-0.1, -0.05) is 30.0 Å². The highest BCUT2D eigenvalue weighted by Crippen LogP contribution is 2.31. The fourth-order valence-corrected chi connectivity index (χ4v) is 2.13. The zero-order chi connectivity index (χ0) is 14.6. The molecule has 0 unspecified atom stereocenters. The quantitative estimate of drug-likeness (QED) is 0.860. The predicted molar refractivity (Wildman–Crippen MR) is 71.9 cm³/mol. The Hall–Kier alpha value is -1.51. The van der Waals surface area contributed by atoms with E-state index in [9.17, 15) is 13.2 Å². The molecule has 5 heteroatoms. The molecule has 0 atom stereocenters. The van der Waals surface area contributed by atoms with E-state index in [-0.39, 0.29) is 19.1 Å². The molecule has 0 bridgehead atoms. The Morgan fingerprint density at radius 3 is 2.55 bits per heavy atom. The van der Waals surface area contributed by atoms with Crippen molar-refractivity contribution in [2.45, 2.75) is 31.6 Å². The van der Waals surface area contributed by atoms with Crippen LogP contribution in [-0.2, 0) is 6.54 Å². The van der Waals surface area contributed by atoms with E-state index < -0.39 is 12.7 Å². The Kier molecular flexibility index (Phi) is 4.69. The lowest BCUT2D eigenvalue weighted by Crippen LogP contribution is -2.35. The van der Waals surface area contributed by atoms with Gasteiger partial charge >= 0.3 is 6.18 Å². The number of halogens is 3. The molecule has 108 valence electrons. The van der Waals surface area contributed by atoms with E-state index in [0.717, 1.165) is 24.0 Å². The summed E-state index contributed by atoms with van der Waals surface area (Å²) in [5, 5.41) is 0. The molecule has 0 aromatic heterocycles. The fourth-order valence-electron chi connectivity index (χ4n) is 2.13. The normalized spacial score (nSPS) is 15.1. The molecule has 1 aliphatic carbocycles. The van der Waals surface area contributed by atoms with Gasteiger partial charge in [0.15, 0.2) is 0 Å². The predicted octanol–water partition coefficient (Wildman–Crippen LogP) is 2.52. The van der Waals surface area contributed by atoms with E-state index in [1.165, 1.54) is 4.90 Å². The van der Waals surface area contributed by atoms with Crippen molar-refractivity contribution in [3.05, 3.63) is 35.4 Å². The average molecular weight is 282 g/mol. The van der Waals surface area contributed by atoms with Crippen molar-refractivity contribution in [3.8, 4) is 11.8 Å². The summed E-state index contributed by atoms with van der Waals surface area (Å²) < 4.78 is 37.8. The Balaban J connectivity index is 2.14.